The van der Waals surface area contributed by atoms with Gasteiger partial charge in [-0.15, -0.1) is 0 Å². The number of fused-ring (bicyclic) bond motifs is 3. The molecule has 0 unspecified atom stereocenters. The summed E-state index contributed by atoms with van der Waals surface area (Å²) in [5, 5.41) is 2.51. The average Bonchev–Trinajstić information content (AvgIpc) is 2.77. The number of aromatic nitrogens is 2. The maximum absolute atomic E-state index is 8.95. The molecule has 0 radical (unpaired) electrons. The number of para-hydroxylation sites is 1. The molecule has 86 valence electrons. The van der Waals surface area contributed by atoms with Crippen LogP contribution in [0.5, 0.6) is 0 Å². The van der Waals surface area contributed by atoms with Crippen LogP contribution in [-0.4, -0.2) is 23.5 Å². The highest BCUT2D eigenvalue weighted by Crippen LogP contribution is 2.23. The van der Waals surface area contributed by atoms with Crippen molar-refractivity contribution in [2.45, 2.75) is 0 Å². The van der Waals surface area contributed by atoms with E-state index in [0.29, 0.717) is 6.47 Å². The molecule has 0 fully saturated rings. The monoisotopic (exact) mass is 228 g/mol. The van der Waals surface area contributed by atoms with Crippen molar-refractivity contribution in [2.24, 2.45) is 0 Å². The van der Waals surface area contributed by atoms with E-state index in [0.717, 1.165) is 5.52 Å². The van der Waals surface area contributed by atoms with Gasteiger partial charge in [-0.25, -0.2) is 0 Å². The van der Waals surface area contributed by atoms with Crippen molar-refractivity contribution in [3.05, 3.63) is 42.7 Å². The van der Waals surface area contributed by atoms with E-state index in [4.69, 9.17) is 4.79 Å². The van der Waals surface area contributed by atoms with Gasteiger partial charge in [0, 0.05) is 22.5 Å². The van der Waals surface area contributed by atoms with Crippen molar-refractivity contribution in [2.75, 3.05) is 7.11 Å². The molecule has 1 N–H and O–H groups in total. The third kappa shape index (κ3) is 2.25. The maximum Gasteiger partial charge on any atom is 0.292 e. The van der Waals surface area contributed by atoms with E-state index in [1.807, 2.05) is 24.5 Å². The number of carbonyl (C=O) groups is 1. The predicted octanol–water partition coefficient (Wildman–Crippen LogP) is 2.51. The molecular weight excluding hydrogens is 216 g/mol. The number of rotatable bonds is 1. The highest BCUT2D eigenvalue weighted by Gasteiger charge is 2.00. The number of aromatic amines is 1. The standard InChI is InChI=1S/C11H8N2.C2H4O2/c1-2-4-10-8(3-1)9-5-6-12-7-11(9)13-10;1-4-2-3/h1-7,13H;2H,1H3. The lowest BCUT2D eigenvalue weighted by Crippen LogP contribution is -1.68. The molecule has 17 heavy (non-hydrogen) atoms. The van der Waals surface area contributed by atoms with Crippen LogP contribution in [0.2, 0.25) is 0 Å². The zero-order valence-electron chi connectivity index (χ0n) is 9.38. The van der Waals surface area contributed by atoms with Gasteiger partial charge in [-0.05, 0) is 12.1 Å². The number of H-pyrrole nitrogens is 1. The van der Waals surface area contributed by atoms with E-state index in [9.17, 15) is 0 Å². The number of nitrogens with zero attached hydrogens (tertiary/aromatic N) is 1. The second-order valence-corrected chi connectivity index (χ2v) is 3.42. The second kappa shape index (κ2) is 5.12. The van der Waals surface area contributed by atoms with Gasteiger partial charge < -0.3 is 9.72 Å². The largest absolute Gasteiger partial charge is 0.471 e. The molecule has 0 spiro atoms. The Hall–Kier alpha value is -2.36. The van der Waals surface area contributed by atoms with Gasteiger partial charge in [-0.2, -0.15) is 0 Å². The molecule has 1 aromatic carbocycles. The summed E-state index contributed by atoms with van der Waals surface area (Å²) < 4.78 is 3.86. The fourth-order valence-corrected chi connectivity index (χ4v) is 1.70. The Morgan fingerprint density at radius 3 is 2.65 bits per heavy atom. The van der Waals surface area contributed by atoms with E-state index < -0.39 is 0 Å². The third-order valence-electron chi connectivity index (χ3n) is 2.40. The zero-order valence-corrected chi connectivity index (χ0v) is 9.38. The topological polar surface area (TPSA) is 55.0 Å². The summed E-state index contributed by atoms with van der Waals surface area (Å²) in [7, 11) is 1.31. The summed E-state index contributed by atoms with van der Waals surface area (Å²) in [5.41, 5.74) is 2.27. The molecule has 2 aromatic heterocycles. The zero-order chi connectivity index (χ0) is 12.1. The minimum atomic E-state index is 0.375. The molecule has 0 bridgehead atoms. The second-order valence-electron chi connectivity index (χ2n) is 3.42. The van der Waals surface area contributed by atoms with Crippen LogP contribution in [0.25, 0.3) is 21.8 Å². The van der Waals surface area contributed by atoms with Crippen molar-refractivity contribution in [3.63, 3.8) is 0 Å². The first-order valence-electron chi connectivity index (χ1n) is 5.13. The lowest BCUT2D eigenvalue weighted by Gasteiger charge is -1.87. The summed E-state index contributed by atoms with van der Waals surface area (Å²) >= 11 is 0. The summed E-state index contributed by atoms with van der Waals surface area (Å²) in [6.45, 7) is 0.375. The average molecular weight is 228 g/mol. The molecule has 0 saturated carbocycles. The number of ether oxygens (including phenoxy) is 1. The van der Waals surface area contributed by atoms with Crippen molar-refractivity contribution >= 4 is 28.3 Å². The molecule has 4 heteroatoms. The number of hydrogen-bond acceptors (Lipinski definition) is 3. The molecule has 0 atom stereocenters. The van der Waals surface area contributed by atoms with Crippen LogP contribution in [-0.2, 0) is 9.53 Å². The van der Waals surface area contributed by atoms with Crippen LogP contribution in [0, 0.1) is 0 Å². The number of pyridine rings is 1. The van der Waals surface area contributed by atoms with Gasteiger partial charge in [0.2, 0.25) is 0 Å². The summed E-state index contributed by atoms with van der Waals surface area (Å²) in [4.78, 5) is 16.3. The van der Waals surface area contributed by atoms with E-state index >= 15 is 0 Å². The lowest BCUT2D eigenvalue weighted by molar-refractivity contribution is -0.126. The fourth-order valence-electron chi connectivity index (χ4n) is 1.70. The van der Waals surface area contributed by atoms with Crippen LogP contribution >= 0.6 is 0 Å². The number of hydrogen-bond donors (Lipinski definition) is 1. The predicted molar refractivity (Wildman–Crippen MR) is 66.7 cm³/mol. The minimum Gasteiger partial charge on any atom is -0.471 e. The van der Waals surface area contributed by atoms with Crippen LogP contribution in [0.4, 0.5) is 0 Å². The molecule has 0 amide bonds. The van der Waals surface area contributed by atoms with Crippen molar-refractivity contribution < 1.29 is 9.53 Å². The van der Waals surface area contributed by atoms with Gasteiger partial charge >= 0.3 is 0 Å². The van der Waals surface area contributed by atoms with Crippen LogP contribution in [0.1, 0.15) is 0 Å². The highest BCUT2D eigenvalue weighted by atomic mass is 16.5. The Balaban J connectivity index is 0.000000239. The van der Waals surface area contributed by atoms with Crippen molar-refractivity contribution in [3.8, 4) is 0 Å². The SMILES string of the molecule is COC=O.c1ccc2c(c1)[nH]c1cnccc12. The van der Waals surface area contributed by atoms with Gasteiger partial charge in [0.05, 0.1) is 18.8 Å². The number of nitrogens with one attached hydrogen (secondary N) is 1. The molecule has 0 saturated heterocycles. The number of carbonyl (C=O) groups excluding carboxylic acids is 1. The Morgan fingerprint density at radius 2 is 1.88 bits per heavy atom. The molecule has 0 aliphatic carbocycles. The fraction of sp³-hybridized carbons (Fsp3) is 0.0769. The third-order valence-corrected chi connectivity index (χ3v) is 2.40. The van der Waals surface area contributed by atoms with Crippen LogP contribution in [0.3, 0.4) is 0 Å². The van der Waals surface area contributed by atoms with Gasteiger partial charge in [0.15, 0.2) is 0 Å². The van der Waals surface area contributed by atoms with E-state index in [-0.39, 0.29) is 0 Å². The Kier molecular flexibility index (Phi) is 3.35. The molecule has 4 nitrogen and oxygen atoms in total. The summed E-state index contributed by atoms with van der Waals surface area (Å²) in [6.07, 6.45) is 3.68. The molecule has 3 rings (SSSR count). The molecule has 3 aromatic rings. The molecule has 0 aliphatic heterocycles. The quantitative estimate of drug-likeness (QED) is 0.651. The molecular formula is C13H12N2O2. The van der Waals surface area contributed by atoms with Crippen molar-refractivity contribution in [1.29, 1.82) is 0 Å². The van der Waals surface area contributed by atoms with Gasteiger partial charge in [-0.3, -0.25) is 9.78 Å². The number of benzene rings is 1. The van der Waals surface area contributed by atoms with Gasteiger partial charge in [0.1, 0.15) is 0 Å². The first-order chi connectivity index (χ1) is 8.36. The Bertz CT molecular complexity index is 581. The van der Waals surface area contributed by atoms with Crippen LogP contribution < -0.4 is 0 Å². The molecule has 2 heterocycles. The Morgan fingerprint density at radius 1 is 1.18 bits per heavy atom. The first-order valence-corrected chi connectivity index (χ1v) is 5.13. The van der Waals surface area contributed by atoms with Gasteiger partial charge in [-0.1, -0.05) is 18.2 Å². The lowest BCUT2D eigenvalue weighted by atomic mass is 10.2. The van der Waals surface area contributed by atoms with Gasteiger partial charge in [0.25, 0.3) is 6.47 Å². The van der Waals surface area contributed by atoms with Crippen molar-refractivity contribution in [1.82, 2.24) is 9.97 Å². The normalized spacial score (nSPS) is 9.71. The molecule has 0 aliphatic rings. The van der Waals surface area contributed by atoms with E-state index in [1.54, 1.807) is 0 Å². The van der Waals surface area contributed by atoms with Crippen LogP contribution in [0.15, 0.2) is 42.7 Å². The van der Waals surface area contributed by atoms with E-state index in [1.165, 1.54) is 23.4 Å². The smallest absolute Gasteiger partial charge is 0.292 e. The number of methoxy groups -OCH3 is 1. The summed E-state index contributed by atoms with van der Waals surface area (Å²) in [6, 6.07) is 10.3. The highest BCUT2D eigenvalue weighted by molar-refractivity contribution is 6.06. The Labute approximate surface area is 98.2 Å². The van der Waals surface area contributed by atoms with E-state index in [2.05, 4.69) is 32.9 Å². The minimum absolute atomic E-state index is 0.375. The summed E-state index contributed by atoms with van der Waals surface area (Å²) in [5.74, 6) is 0. The first kappa shape index (κ1) is 11.1. The maximum atomic E-state index is 8.95.